The van der Waals surface area contributed by atoms with Crippen molar-refractivity contribution in [3.8, 4) is 5.75 Å². The maximum Gasteiger partial charge on any atom is 0.229 e. The second-order valence-electron chi connectivity index (χ2n) is 2.72. The third-order valence-corrected chi connectivity index (χ3v) is 2.39. The summed E-state index contributed by atoms with van der Waals surface area (Å²) in [7, 11) is -1.82. The van der Waals surface area contributed by atoms with Crippen LogP contribution in [0.15, 0.2) is 18.2 Å². The number of nitrogens with one attached hydrogen (secondary N) is 1. The van der Waals surface area contributed by atoms with E-state index in [-0.39, 0.29) is 0 Å². The van der Waals surface area contributed by atoms with Crippen LogP contribution in [-0.2, 0) is 10.0 Å². The molecule has 0 fully saturated rings. The number of hydrogen-bond acceptors (Lipinski definition) is 3. The zero-order valence-electron chi connectivity index (χ0n) is 7.74. The number of benzene rings is 1. The predicted molar refractivity (Wildman–Crippen MR) is 56.5 cm³/mol. The lowest BCUT2D eigenvalue weighted by Gasteiger charge is -2.07. The zero-order valence-corrected chi connectivity index (χ0v) is 9.32. The largest absolute Gasteiger partial charge is 0.497 e. The highest BCUT2D eigenvalue weighted by atomic mass is 35.5. The lowest BCUT2D eigenvalue weighted by atomic mass is 10.3. The Hall–Kier alpha value is -0.940. The van der Waals surface area contributed by atoms with Crippen molar-refractivity contribution in [2.75, 3.05) is 18.1 Å². The van der Waals surface area contributed by atoms with Crippen molar-refractivity contribution in [1.29, 1.82) is 0 Å². The van der Waals surface area contributed by atoms with E-state index in [0.717, 1.165) is 6.26 Å². The molecule has 0 aliphatic rings. The zero-order chi connectivity index (χ0) is 10.8. The van der Waals surface area contributed by atoms with E-state index in [1.54, 1.807) is 12.1 Å². The number of sulfonamides is 1. The fourth-order valence-electron chi connectivity index (χ4n) is 0.909. The van der Waals surface area contributed by atoms with Gasteiger partial charge in [0.05, 0.1) is 24.1 Å². The number of anilines is 1. The van der Waals surface area contributed by atoms with Gasteiger partial charge in [-0.2, -0.15) is 0 Å². The molecular formula is C8H10ClNO3S. The molecule has 0 saturated carbocycles. The third kappa shape index (κ3) is 3.08. The molecule has 1 rings (SSSR count). The molecule has 0 unspecified atom stereocenters. The fraction of sp³-hybridized carbons (Fsp3) is 0.250. The Kier molecular flexibility index (Phi) is 3.23. The minimum Gasteiger partial charge on any atom is -0.497 e. The van der Waals surface area contributed by atoms with E-state index in [0.29, 0.717) is 16.5 Å². The van der Waals surface area contributed by atoms with Crippen LogP contribution in [0.5, 0.6) is 5.75 Å². The van der Waals surface area contributed by atoms with Crippen molar-refractivity contribution in [2.45, 2.75) is 0 Å². The maximum absolute atomic E-state index is 10.9. The van der Waals surface area contributed by atoms with Crippen molar-refractivity contribution in [1.82, 2.24) is 0 Å². The van der Waals surface area contributed by atoms with E-state index in [1.165, 1.54) is 13.2 Å². The van der Waals surface area contributed by atoms with Gasteiger partial charge in [-0.3, -0.25) is 4.72 Å². The number of ether oxygens (including phenoxy) is 1. The van der Waals surface area contributed by atoms with Crippen LogP contribution in [0.3, 0.4) is 0 Å². The molecule has 6 heteroatoms. The first-order valence-corrected chi connectivity index (χ1v) is 6.00. The second-order valence-corrected chi connectivity index (χ2v) is 4.88. The normalized spacial score (nSPS) is 11.1. The Morgan fingerprint density at radius 2 is 2.07 bits per heavy atom. The Morgan fingerprint density at radius 1 is 1.43 bits per heavy atom. The van der Waals surface area contributed by atoms with Crippen LogP contribution >= 0.6 is 11.6 Å². The van der Waals surface area contributed by atoms with Gasteiger partial charge in [0, 0.05) is 6.07 Å². The average Bonchev–Trinajstić information content (AvgIpc) is 2.06. The predicted octanol–water partition coefficient (Wildman–Crippen LogP) is 1.72. The summed E-state index contributed by atoms with van der Waals surface area (Å²) in [6.45, 7) is 0. The molecule has 4 nitrogen and oxygen atoms in total. The molecule has 1 aromatic rings. The second kappa shape index (κ2) is 4.06. The van der Waals surface area contributed by atoms with Crippen LogP contribution in [0.1, 0.15) is 0 Å². The van der Waals surface area contributed by atoms with E-state index in [1.807, 2.05) is 0 Å². The Labute approximate surface area is 87.9 Å². The first-order chi connectivity index (χ1) is 6.42. The van der Waals surface area contributed by atoms with Crippen LogP contribution in [-0.4, -0.2) is 21.8 Å². The summed E-state index contributed by atoms with van der Waals surface area (Å²) < 4.78 is 29.1. The van der Waals surface area contributed by atoms with Gasteiger partial charge in [0.25, 0.3) is 0 Å². The van der Waals surface area contributed by atoms with Gasteiger partial charge in [-0.15, -0.1) is 0 Å². The van der Waals surface area contributed by atoms with Gasteiger partial charge in [-0.25, -0.2) is 8.42 Å². The lowest BCUT2D eigenvalue weighted by Crippen LogP contribution is -2.09. The highest BCUT2D eigenvalue weighted by Crippen LogP contribution is 2.27. The Morgan fingerprint density at radius 3 is 2.57 bits per heavy atom. The average molecular weight is 236 g/mol. The number of halogens is 1. The molecule has 0 aliphatic carbocycles. The van der Waals surface area contributed by atoms with Gasteiger partial charge >= 0.3 is 0 Å². The van der Waals surface area contributed by atoms with E-state index < -0.39 is 10.0 Å². The monoisotopic (exact) mass is 235 g/mol. The molecule has 0 bridgehead atoms. The molecule has 0 saturated heterocycles. The summed E-state index contributed by atoms with van der Waals surface area (Å²) in [4.78, 5) is 0. The van der Waals surface area contributed by atoms with Gasteiger partial charge in [-0.1, -0.05) is 11.6 Å². The van der Waals surface area contributed by atoms with E-state index >= 15 is 0 Å². The van der Waals surface area contributed by atoms with Crippen molar-refractivity contribution >= 4 is 27.3 Å². The highest BCUT2D eigenvalue weighted by Gasteiger charge is 2.07. The van der Waals surface area contributed by atoms with Gasteiger partial charge in [0.2, 0.25) is 10.0 Å². The molecule has 0 atom stereocenters. The number of rotatable bonds is 3. The number of hydrogen-bond donors (Lipinski definition) is 1. The van der Waals surface area contributed by atoms with Gasteiger partial charge in [0.1, 0.15) is 5.75 Å². The van der Waals surface area contributed by atoms with Crippen molar-refractivity contribution < 1.29 is 13.2 Å². The summed E-state index contributed by atoms with van der Waals surface area (Å²) in [5.74, 6) is 0.542. The lowest BCUT2D eigenvalue weighted by molar-refractivity contribution is 0.415. The van der Waals surface area contributed by atoms with Gasteiger partial charge in [0.15, 0.2) is 0 Å². The highest BCUT2D eigenvalue weighted by molar-refractivity contribution is 7.92. The Bertz CT molecular complexity index is 430. The van der Waals surface area contributed by atoms with Crippen LogP contribution in [0.4, 0.5) is 5.69 Å². The smallest absolute Gasteiger partial charge is 0.229 e. The SMILES string of the molecule is COc1ccc(Cl)c(NS(C)(=O)=O)c1. The first-order valence-electron chi connectivity index (χ1n) is 3.74. The van der Waals surface area contributed by atoms with Gasteiger partial charge < -0.3 is 4.74 Å². The minimum atomic E-state index is -3.31. The molecule has 1 N–H and O–H groups in total. The molecule has 1 aromatic carbocycles. The van der Waals surface area contributed by atoms with Crippen molar-refractivity contribution in [3.05, 3.63) is 23.2 Å². The summed E-state index contributed by atoms with van der Waals surface area (Å²) in [6.07, 6.45) is 1.06. The summed E-state index contributed by atoms with van der Waals surface area (Å²) in [6, 6.07) is 4.73. The molecular weight excluding hydrogens is 226 g/mol. The minimum absolute atomic E-state index is 0.313. The van der Waals surface area contributed by atoms with Crippen LogP contribution in [0.2, 0.25) is 5.02 Å². The standard InChI is InChI=1S/C8H10ClNO3S/c1-13-6-3-4-7(9)8(5-6)10-14(2,11)12/h3-5,10H,1-2H3. The van der Waals surface area contributed by atoms with Crippen LogP contribution in [0.25, 0.3) is 0 Å². The molecule has 0 heterocycles. The van der Waals surface area contributed by atoms with E-state index in [2.05, 4.69) is 4.72 Å². The molecule has 78 valence electrons. The molecule has 0 aromatic heterocycles. The molecule has 0 spiro atoms. The quantitative estimate of drug-likeness (QED) is 0.868. The van der Waals surface area contributed by atoms with E-state index in [9.17, 15) is 8.42 Å². The number of methoxy groups -OCH3 is 1. The van der Waals surface area contributed by atoms with Crippen LogP contribution < -0.4 is 9.46 Å². The summed E-state index contributed by atoms with van der Waals surface area (Å²) >= 11 is 5.78. The first kappa shape index (κ1) is 11.1. The molecule has 0 aliphatic heterocycles. The molecule has 14 heavy (non-hydrogen) atoms. The third-order valence-electron chi connectivity index (χ3n) is 1.47. The fourth-order valence-corrected chi connectivity index (χ4v) is 1.70. The van der Waals surface area contributed by atoms with Crippen LogP contribution in [0, 0.1) is 0 Å². The van der Waals surface area contributed by atoms with Crippen molar-refractivity contribution in [3.63, 3.8) is 0 Å². The van der Waals surface area contributed by atoms with Gasteiger partial charge in [-0.05, 0) is 12.1 Å². The topological polar surface area (TPSA) is 55.4 Å². The van der Waals surface area contributed by atoms with Crippen molar-refractivity contribution in [2.24, 2.45) is 0 Å². The summed E-state index contributed by atoms with van der Waals surface area (Å²) in [5, 5.41) is 0.330. The molecule has 0 amide bonds. The molecule has 0 radical (unpaired) electrons. The Balaban J connectivity index is 3.07. The van der Waals surface area contributed by atoms with E-state index in [4.69, 9.17) is 16.3 Å². The maximum atomic E-state index is 10.9. The summed E-state index contributed by atoms with van der Waals surface area (Å²) in [5.41, 5.74) is 0.313.